The van der Waals surface area contributed by atoms with Crippen LogP contribution in [0.2, 0.25) is 5.02 Å². The third-order valence-corrected chi connectivity index (χ3v) is 5.22. The Morgan fingerprint density at radius 3 is 2.64 bits per heavy atom. The van der Waals surface area contributed by atoms with E-state index in [0.29, 0.717) is 5.02 Å². The Labute approximate surface area is 155 Å². The molecule has 3 nitrogen and oxygen atoms in total. The summed E-state index contributed by atoms with van der Waals surface area (Å²) in [5.41, 5.74) is 8.10. The summed E-state index contributed by atoms with van der Waals surface area (Å²) in [6, 6.07) is 18.2. The molecular formula is C20H16ClN3S. The van der Waals surface area contributed by atoms with Crippen molar-refractivity contribution in [2.75, 3.05) is 0 Å². The molecular weight excluding hydrogens is 350 g/mol. The van der Waals surface area contributed by atoms with E-state index in [0.717, 1.165) is 39.7 Å². The van der Waals surface area contributed by atoms with Gasteiger partial charge in [0.25, 0.3) is 0 Å². The molecule has 0 atom stereocenters. The molecule has 0 radical (unpaired) electrons. The zero-order valence-corrected chi connectivity index (χ0v) is 15.2. The van der Waals surface area contributed by atoms with E-state index in [-0.39, 0.29) is 0 Å². The van der Waals surface area contributed by atoms with Crippen molar-refractivity contribution in [3.63, 3.8) is 0 Å². The van der Waals surface area contributed by atoms with Crippen molar-refractivity contribution >= 4 is 40.2 Å². The van der Waals surface area contributed by atoms with E-state index in [1.54, 1.807) is 11.3 Å². The first kappa shape index (κ1) is 16.1. The van der Waals surface area contributed by atoms with E-state index in [1.165, 1.54) is 5.56 Å². The predicted octanol–water partition coefficient (Wildman–Crippen LogP) is 5.40. The topological polar surface area (TPSA) is 36.8 Å². The number of hydrazone groups is 1. The molecule has 2 heterocycles. The van der Waals surface area contributed by atoms with Crippen molar-refractivity contribution in [1.29, 1.82) is 0 Å². The molecule has 25 heavy (non-hydrogen) atoms. The van der Waals surface area contributed by atoms with Gasteiger partial charge in [-0.05, 0) is 41.6 Å². The maximum atomic E-state index is 6.22. The summed E-state index contributed by atoms with van der Waals surface area (Å²) >= 11 is 7.87. The molecule has 3 aromatic rings. The normalized spacial score (nSPS) is 13.4. The van der Waals surface area contributed by atoms with Gasteiger partial charge in [0.2, 0.25) is 0 Å². The van der Waals surface area contributed by atoms with Crippen molar-refractivity contribution < 1.29 is 0 Å². The fourth-order valence-electron chi connectivity index (χ4n) is 2.74. The lowest BCUT2D eigenvalue weighted by Gasteiger charge is -2.05. The minimum Gasteiger partial charge on any atom is -0.260 e. The summed E-state index contributed by atoms with van der Waals surface area (Å²) in [5, 5.41) is 7.35. The Hall–Kier alpha value is -2.43. The number of aliphatic imine (C=N–C) groups is 1. The van der Waals surface area contributed by atoms with Gasteiger partial charge in [0.1, 0.15) is 5.71 Å². The van der Waals surface area contributed by atoms with Crippen LogP contribution in [0.4, 0.5) is 5.69 Å². The van der Waals surface area contributed by atoms with Crippen LogP contribution in [-0.4, -0.2) is 11.5 Å². The molecule has 1 aliphatic rings. The molecule has 5 heteroatoms. The van der Waals surface area contributed by atoms with Gasteiger partial charge in [0.05, 0.1) is 10.6 Å². The van der Waals surface area contributed by atoms with E-state index < -0.39 is 0 Å². The second kappa shape index (κ2) is 6.82. The molecule has 124 valence electrons. The lowest BCUT2D eigenvalue weighted by molar-refractivity contribution is 1.03. The second-order valence-electron chi connectivity index (χ2n) is 5.72. The Balaban J connectivity index is 1.83. The van der Waals surface area contributed by atoms with Crippen LogP contribution in [0.25, 0.3) is 0 Å². The van der Waals surface area contributed by atoms with Gasteiger partial charge in [-0.3, -0.25) is 5.43 Å². The van der Waals surface area contributed by atoms with Crippen LogP contribution in [-0.2, 0) is 6.42 Å². The van der Waals surface area contributed by atoms with Crippen molar-refractivity contribution in [1.82, 2.24) is 5.43 Å². The Bertz CT molecular complexity index is 957. The monoisotopic (exact) mass is 365 g/mol. The van der Waals surface area contributed by atoms with E-state index in [2.05, 4.69) is 47.8 Å². The first-order chi connectivity index (χ1) is 12.2. The Kier molecular flexibility index (Phi) is 4.38. The smallest absolute Gasteiger partial charge is 0.154 e. The standard InChI is InChI=1S/C20H16ClN3S/c1-2-13-5-7-14(8-6-13)20-22-17-10-9-15(21)12-16(17)19(23-24-20)18-4-3-11-25-18/h3-12H,2H2,1H3,(H,22,24). The SMILES string of the molecule is CCc1ccc(C2=Nc3ccc(Cl)cc3C(c3cccs3)=NN2)cc1. The van der Waals surface area contributed by atoms with Gasteiger partial charge in [-0.1, -0.05) is 48.9 Å². The second-order valence-corrected chi connectivity index (χ2v) is 7.11. The zero-order chi connectivity index (χ0) is 17.2. The highest BCUT2D eigenvalue weighted by molar-refractivity contribution is 7.12. The van der Waals surface area contributed by atoms with Gasteiger partial charge >= 0.3 is 0 Å². The third kappa shape index (κ3) is 3.23. The minimum atomic E-state index is 0.675. The lowest BCUT2D eigenvalue weighted by atomic mass is 10.1. The molecule has 0 fully saturated rings. The average Bonchev–Trinajstić information content (AvgIpc) is 3.10. The maximum Gasteiger partial charge on any atom is 0.154 e. The first-order valence-corrected chi connectivity index (χ1v) is 9.36. The number of rotatable bonds is 3. The number of aryl methyl sites for hydroxylation is 1. The van der Waals surface area contributed by atoms with Gasteiger partial charge < -0.3 is 0 Å². The predicted molar refractivity (Wildman–Crippen MR) is 107 cm³/mol. The van der Waals surface area contributed by atoms with Gasteiger partial charge in [-0.2, -0.15) is 5.10 Å². The number of thiophene rings is 1. The van der Waals surface area contributed by atoms with Crippen LogP contribution in [0, 0.1) is 0 Å². The summed E-state index contributed by atoms with van der Waals surface area (Å²) in [4.78, 5) is 5.88. The molecule has 0 saturated carbocycles. The number of nitrogens with zero attached hydrogens (tertiary/aromatic N) is 2. The molecule has 4 rings (SSSR count). The first-order valence-electron chi connectivity index (χ1n) is 8.10. The Morgan fingerprint density at radius 2 is 1.92 bits per heavy atom. The van der Waals surface area contributed by atoms with Crippen molar-refractivity contribution in [2.45, 2.75) is 13.3 Å². The lowest BCUT2D eigenvalue weighted by Crippen LogP contribution is -2.19. The number of amidine groups is 1. The van der Waals surface area contributed by atoms with Crippen LogP contribution >= 0.6 is 22.9 Å². The fraction of sp³-hybridized carbons (Fsp3) is 0.100. The fourth-order valence-corrected chi connectivity index (χ4v) is 3.64. The molecule has 0 unspecified atom stereocenters. The third-order valence-electron chi connectivity index (χ3n) is 4.11. The van der Waals surface area contributed by atoms with Crippen molar-refractivity contribution in [3.05, 3.63) is 86.6 Å². The van der Waals surface area contributed by atoms with Crippen molar-refractivity contribution in [3.8, 4) is 0 Å². The Morgan fingerprint density at radius 1 is 1.08 bits per heavy atom. The van der Waals surface area contributed by atoms with E-state index >= 15 is 0 Å². The average molecular weight is 366 g/mol. The summed E-state index contributed by atoms with van der Waals surface area (Å²) in [7, 11) is 0. The maximum absolute atomic E-state index is 6.22. The molecule has 0 saturated heterocycles. The molecule has 0 bridgehead atoms. The van der Waals surface area contributed by atoms with Crippen LogP contribution in [0.1, 0.15) is 28.5 Å². The number of hydrogen-bond donors (Lipinski definition) is 1. The number of halogens is 1. The van der Waals surface area contributed by atoms with Crippen LogP contribution in [0.5, 0.6) is 0 Å². The van der Waals surface area contributed by atoms with Crippen molar-refractivity contribution in [2.24, 2.45) is 10.1 Å². The van der Waals surface area contributed by atoms with Crippen LogP contribution in [0.15, 0.2) is 70.1 Å². The quantitative estimate of drug-likeness (QED) is 0.663. The highest BCUT2D eigenvalue weighted by atomic mass is 35.5. The minimum absolute atomic E-state index is 0.675. The molecule has 1 N–H and O–H groups in total. The summed E-state index contributed by atoms with van der Waals surface area (Å²) in [6.07, 6.45) is 1.02. The molecule has 0 amide bonds. The number of benzene rings is 2. The van der Waals surface area contributed by atoms with Gasteiger partial charge in [0.15, 0.2) is 5.84 Å². The van der Waals surface area contributed by atoms with Gasteiger partial charge in [-0.25, -0.2) is 4.99 Å². The van der Waals surface area contributed by atoms with Crippen LogP contribution < -0.4 is 5.43 Å². The summed E-state index contributed by atoms with van der Waals surface area (Å²) in [6.45, 7) is 2.15. The molecule has 0 spiro atoms. The number of hydrogen-bond acceptors (Lipinski definition) is 4. The zero-order valence-electron chi connectivity index (χ0n) is 13.7. The van der Waals surface area contributed by atoms with E-state index in [9.17, 15) is 0 Å². The van der Waals surface area contributed by atoms with Crippen LogP contribution in [0.3, 0.4) is 0 Å². The largest absolute Gasteiger partial charge is 0.260 e. The number of nitrogens with one attached hydrogen (secondary N) is 1. The highest BCUT2D eigenvalue weighted by Gasteiger charge is 2.18. The van der Waals surface area contributed by atoms with Gasteiger partial charge in [-0.15, -0.1) is 11.3 Å². The summed E-state index contributed by atoms with van der Waals surface area (Å²) in [5.74, 6) is 0.734. The van der Waals surface area contributed by atoms with Gasteiger partial charge in [0, 0.05) is 16.1 Å². The van der Waals surface area contributed by atoms with E-state index in [1.807, 2.05) is 29.6 Å². The summed E-state index contributed by atoms with van der Waals surface area (Å²) < 4.78 is 0. The molecule has 0 aliphatic carbocycles. The molecule has 1 aliphatic heterocycles. The highest BCUT2D eigenvalue weighted by Crippen LogP contribution is 2.29. The molecule has 1 aromatic heterocycles. The number of fused-ring (bicyclic) bond motifs is 1. The molecule has 2 aromatic carbocycles. The van der Waals surface area contributed by atoms with E-state index in [4.69, 9.17) is 16.6 Å².